The molecule has 4 nitrogen and oxygen atoms in total. The second-order valence-electron chi connectivity index (χ2n) is 3.92. The number of phenols is 1. The molecule has 90 valence electrons. The molecule has 0 unspecified atom stereocenters. The minimum atomic E-state index is 0.221. The zero-order valence-electron chi connectivity index (χ0n) is 10.1. The van der Waals surface area contributed by atoms with Crippen molar-refractivity contribution in [3.8, 4) is 11.5 Å². The second kappa shape index (κ2) is 4.91. The Hall–Kier alpha value is -1.97. The Bertz CT molecular complexity index is 486. The van der Waals surface area contributed by atoms with Crippen molar-refractivity contribution in [1.82, 2.24) is 9.55 Å². The summed E-state index contributed by atoms with van der Waals surface area (Å²) < 4.78 is 7.63. The highest BCUT2D eigenvalue weighted by Gasteiger charge is 2.03. The molecule has 0 atom stereocenters. The highest BCUT2D eigenvalue weighted by atomic mass is 16.5. The maximum Gasteiger partial charge on any atom is 0.146 e. The maximum absolute atomic E-state index is 9.45. The molecule has 1 aromatic carbocycles. The lowest BCUT2D eigenvalue weighted by atomic mass is 10.2. The quantitative estimate of drug-likeness (QED) is 0.881. The zero-order valence-corrected chi connectivity index (χ0v) is 10.1. The number of imidazole rings is 1. The molecule has 0 aliphatic carbocycles. The predicted molar refractivity (Wildman–Crippen MR) is 65.1 cm³/mol. The Kier molecular flexibility index (Phi) is 3.32. The van der Waals surface area contributed by atoms with Crippen molar-refractivity contribution in [1.29, 1.82) is 0 Å². The van der Waals surface area contributed by atoms with Gasteiger partial charge in [-0.2, -0.15) is 0 Å². The molecule has 0 fully saturated rings. The van der Waals surface area contributed by atoms with E-state index in [2.05, 4.69) is 11.9 Å². The smallest absolute Gasteiger partial charge is 0.146 e. The van der Waals surface area contributed by atoms with Crippen LogP contribution >= 0.6 is 0 Å². The van der Waals surface area contributed by atoms with Crippen LogP contribution in [0.1, 0.15) is 18.3 Å². The van der Waals surface area contributed by atoms with E-state index < -0.39 is 0 Å². The van der Waals surface area contributed by atoms with Crippen molar-refractivity contribution in [3.05, 3.63) is 42.0 Å². The largest absolute Gasteiger partial charge is 0.508 e. The Morgan fingerprint density at radius 1 is 1.35 bits per heavy atom. The van der Waals surface area contributed by atoms with Crippen LogP contribution in [0.2, 0.25) is 0 Å². The van der Waals surface area contributed by atoms with Gasteiger partial charge in [0, 0.05) is 25.0 Å². The van der Waals surface area contributed by atoms with Gasteiger partial charge < -0.3 is 14.4 Å². The summed E-state index contributed by atoms with van der Waals surface area (Å²) in [6.07, 6.45) is 3.68. The van der Waals surface area contributed by atoms with Gasteiger partial charge in [0.2, 0.25) is 0 Å². The average Bonchev–Trinajstić information content (AvgIpc) is 2.72. The molecular formula is C13H16N2O2. The maximum atomic E-state index is 9.45. The van der Waals surface area contributed by atoms with Crippen molar-refractivity contribution < 1.29 is 9.84 Å². The van der Waals surface area contributed by atoms with Gasteiger partial charge in [0.1, 0.15) is 23.9 Å². The first-order valence-corrected chi connectivity index (χ1v) is 5.62. The van der Waals surface area contributed by atoms with Crippen LogP contribution in [-0.4, -0.2) is 14.7 Å². The Morgan fingerprint density at radius 2 is 2.18 bits per heavy atom. The number of rotatable bonds is 4. The molecule has 2 aromatic rings. The fourth-order valence-electron chi connectivity index (χ4n) is 1.73. The summed E-state index contributed by atoms with van der Waals surface area (Å²) in [7, 11) is 0. The SMILES string of the molecule is CCn1ccnc1COc1cc(C)cc(O)c1. The minimum Gasteiger partial charge on any atom is -0.508 e. The summed E-state index contributed by atoms with van der Waals surface area (Å²) in [5.41, 5.74) is 0.971. The summed E-state index contributed by atoms with van der Waals surface area (Å²) in [6, 6.07) is 5.19. The average molecular weight is 232 g/mol. The molecule has 0 aliphatic rings. The van der Waals surface area contributed by atoms with Crippen LogP contribution in [-0.2, 0) is 13.2 Å². The van der Waals surface area contributed by atoms with Crippen LogP contribution in [0.5, 0.6) is 11.5 Å². The third-order valence-electron chi connectivity index (χ3n) is 2.55. The van der Waals surface area contributed by atoms with E-state index in [9.17, 15) is 5.11 Å². The van der Waals surface area contributed by atoms with Gasteiger partial charge in [-0.15, -0.1) is 0 Å². The number of aryl methyl sites for hydroxylation is 2. The molecule has 1 aromatic heterocycles. The third-order valence-corrected chi connectivity index (χ3v) is 2.55. The number of aromatic hydroxyl groups is 1. The first-order valence-electron chi connectivity index (χ1n) is 5.62. The molecule has 4 heteroatoms. The van der Waals surface area contributed by atoms with Crippen LogP contribution in [0.25, 0.3) is 0 Å². The number of hydrogen-bond donors (Lipinski definition) is 1. The summed E-state index contributed by atoms with van der Waals surface area (Å²) >= 11 is 0. The molecule has 1 N–H and O–H groups in total. The number of phenolic OH excluding ortho intramolecular Hbond substituents is 1. The third kappa shape index (κ3) is 2.78. The van der Waals surface area contributed by atoms with Crippen LogP contribution in [0, 0.1) is 6.92 Å². The lowest BCUT2D eigenvalue weighted by molar-refractivity contribution is 0.288. The molecule has 17 heavy (non-hydrogen) atoms. The van der Waals surface area contributed by atoms with E-state index in [-0.39, 0.29) is 5.75 Å². The van der Waals surface area contributed by atoms with Gasteiger partial charge in [0.25, 0.3) is 0 Å². The zero-order chi connectivity index (χ0) is 12.3. The van der Waals surface area contributed by atoms with Gasteiger partial charge in [-0.3, -0.25) is 0 Å². The van der Waals surface area contributed by atoms with Crippen molar-refractivity contribution >= 4 is 0 Å². The van der Waals surface area contributed by atoms with Crippen LogP contribution in [0.15, 0.2) is 30.6 Å². The molecule has 1 heterocycles. The highest BCUT2D eigenvalue weighted by molar-refractivity contribution is 5.36. The minimum absolute atomic E-state index is 0.221. The number of ether oxygens (including phenoxy) is 1. The molecule has 0 amide bonds. The van der Waals surface area contributed by atoms with Gasteiger partial charge in [0.15, 0.2) is 0 Å². The van der Waals surface area contributed by atoms with Crippen molar-refractivity contribution in [2.24, 2.45) is 0 Å². The van der Waals surface area contributed by atoms with Crippen molar-refractivity contribution in [2.75, 3.05) is 0 Å². The van der Waals surface area contributed by atoms with Crippen LogP contribution in [0.3, 0.4) is 0 Å². The van der Waals surface area contributed by atoms with E-state index in [1.54, 1.807) is 18.3 Å². The van der Waals surface area contributed by atoms with E-state index in [4.69, 9.17) is 4.74 Å². The van der Waals surface area contributed by atoms with Crippen LogP contribution < -0.4 is 4.74 Å². The molecule has 0 aliphatic heterocycles. The van der Waals surface area contributed by atoms with Gasteiger partial charge in [-0.05, 0) is 31.5 Å². The fraction of sp³-hybridized carbons (Fsp3) is 0.308. The highest BCUT2D eigenvalue weighted by Crippen LogP contribution is 2.21. The topological polar surface area (TPSA) is 47.3 Å². The molecule has 0 bridgehead atoms. The lowest BCUT2D eigenvalue weighted by Gasteiger charge is -2.08. The summed E-state index contributed by atoms with van der Waals surface area (Å²) in [4.78, 5) is 4.22. The standard InChI is InChI=1S/C13H16N2O2/c1-3-15-5-4-14-13(15)9-17-12-7-10(2)6-11(16)8-12/h4-8,16H,3,9H2,1-2H3. The normalized spacial score (nSPS) is 10.5. The Morgan fingerprint density at radius 3 is 2.88 bits per heavy atom. The number of aromatic nitrogens is 2. The molecule has 0 spiro atoms. The van der Waals surface area contributed by atoms with Crippen molar-refractivity contribution in [3.63, 3.8) is 0 Å². The van der Waals surface area contributed by atoms with E-state index in [0.29, 0.717) is 12.4 Å². The number of benzene rings is 1. The molecule has 0 radical (unpaired) electrons. The summed E-state index contributed by atoms with van der Waals surface area (Å²) in [5, 5.41) is 9.45. The predicted octanol–water partition coefficient (Wildman–Crippen LogP) is 2.50. The summed E-state index contributed by atoms with van der Waals surface area (Å²) in [5.74, 6) is 1.76. The first kappa shape index (κ1) is 11.5. The van der Waals surface area contributed by atoms with E-state index >= 15 is 0 Å². The van der Waals surface area contributed by atoms with Crippen molar-refractivity contribution in [2.45, 2.75) is 27.0 Å². The second-order valence-corrected chi connectivity index (χ2v) is 3.92. The van der Waals surface area contributed by atoms with Gasteiger partial charge in [0.05, 0.1) is 0 Å². The van der Waals surface area contributed by atoms with Gasteiger partial charge >= 0.3 is 0 Å². The van der Waals surface area contributed by atoms with E-state index in [1.807, 2.05) is 23.8 Å². The van der Waals surface area contributed by atoms with Gasteiger partial charge in [-0.25, -0.2) is 4.98 Å². The fourth-order valence-corrected chi connectivity index (χ4v) is 1.73. The molecule has 0 saturated carbocycles. The number of nitrogens with zero attached hydrogens (tertiary/aromatic N) is 2. The first-order chi connectivity index (χ1) is 8.19. The molecule has 0 saturated heterocycles. The molecular weight excluding hydrogens is 216 g/mol. The summed E-state index contributed by atoms with van der Waals surface area (Å²) in [6.45, 7) is 5.25. The van der Waals surface area contributed by atoms with Crippen LogP contribution in [0.4, 0.5) is 0 Å². The Balaban J connectivity index is 2.07. The molecule has 2 rings (SSSR count). The number of hydrogen-bond acceptors (Lipinski definition) is 3. The lowest BCUT2D eigenvalue weighted by Crippen LogP contribution is -2.05. The van der Waals surface area contributed by atoms with E-state index in [1.165, 1.54) is 0 Å². The monoisotopic (exact) mass is 232 g/mol. The Labute approximate surface area is 100 Å². The van der Waals surface area contributed by atoms with Gasteiger partial charge in [-0.1, -0.05) is 0 Å². The van der Waals surface area contributed by atoms with E-state index in [0.717, 1.165) is 17.9 Å².